The van der Waals surface area contributed by atoms with Crippen LogP contribution in [0.2, 0.25) is 0 Å². The Bertz CT molecular complexity index is 3390. The van der Waals surface area contributed by atoms with Crippen molar-refractivity contribution in [3.63, 3.8) is 0 Å². The number of benzene rings is 9. The Balaban J connectivity index is 1.12. The Hall–Kier alpha value is -6.74. The van der Waals surface area contributed by atoms with Crippen molar-refractivity contribution < 1.29 is 0 Å². The van der Waals surface area contributed by atoms with Crippen LogP contribution in [0.3, 0.4) is 0 Å². The SMILES string of the molecule is Cc1cc2ccccc2c2c1sc1c(N(c3ccc4c(c3)C(C)(C)c3ccccc3-4)c3ccc4c(c3)C3(c5ccccc5-c5ccccc53)c3ccccc3-4)cccc12. The number of rotatable bonds is 3. The minimum Gasteiger partial charge on any atom is -0.309 e. The summed E-state index contributed by atoms with van der Waals surface area (Å²) in [6.07, 6.45) is 0. The molecule has 1 heterocycles. The number of aryl methyl sites for hydroxylation is 1. The first kappa shape index (κ1) is 33.3. The number of anilines is 3. The summed E-state index contributed by atoms with van der Waals surface area (Å²) in [5.41, 5.74) is 20.5. The molecule has 0 unspecified atom stereocenters. The molecule has 9 aromatic carbocycles. The third kappa shape index (κ3) is 4.19. The molecule has 0 radical (unpaired) electrons. The zero-order chi connectivity index (χ0) is 39.2. The van der Waals surface area contributed by atoms with Gasteiger partial charge in [0.2, 0.25) is 0 Å². The predicted molar refractivity (Wildman–Crippen MR) is 250 cm³/mol. The summed E-state index contributed by atoms with van der Waals surface area (Å²) in [7, 11) is 0. The lowest BCUT2D eigenvalue weighted by Gasteiger charge is -2.32. The molecular weight excluding hydrogens is 731 g/mol. The first-order valence-corrected chi connectivity index (χ1v) is 21.6. The van der Waals surface area contributed by atoms with Crippen molar-refractivity contribution in [1.29, 1.82) is 0 Å². The van der Waals surface area contributed by atoms with Crippen LogP contribution in [0, 0.1) is 6.92 Å². The van der Waals surface area contributed by atoms with Crippen molar-refractivity contribution in [3.8, 4) is 33.4 Å². The van der Waals surface area contributed by atoms with E-state index in [4.69, 9.17) is 0 Å². The number of nitrogens with zero attached hydrogens (tertiary/aromatic N) is 1. The van der Waals surface area contributed by atoms with Crippen LogP contribution in [0.5, 0.6) is 0 Å². The van der Waals surface area contributed by atoms with Crippen molar-refractivity contribution in [2.75, 3.05) is 4.90 Å². The van der Waals surface area contributed by atoms with Crippen LogP contribution in [-0.2, 0) is 10.8 Å². The van der Waals surface area contributed by atoms with Crippen LogP contribution in [0.1, 0.15) is 52.8 Å². The van der Waals surface area contributed by atoms with E-state index in [0.717, 1.165) is 5.69 Å². The first-order chi connectivity index (χ1) is 28.9. The standard InChI is InChI=1S/C57H39NS/c1-34-31-35-15-4-5-16-38(35)53-45-21-14-26-52(55(45)59-54(34)53)58(36-27-29-43-39-17-6-10-22-46(39)56(2,3)50(43)32-36)37-28-30-44-42-20-9-13-25-49(42)57(51(44)33-37)47-23-11-7-18-40(47)41-19-8-12-24-48(41)57/h4-33H,1-3H3. The first-order valence-electron chi connectivity index (χ1n) is 20.8. The molecule has 1 nitrogen and oxygen atoms in total. The number of fused-ring (bicyclic) bond motifs is 18. The third-order valence-corrected chi connectivity index (χ3v) is 15.3. The molecule has 10 aromatic rings. The van der Waals surface area contributed by atoms with Crippen LogP contribution in [0.25, 0.3) is 64.3 Å². The van der Waals surface area contributed by atoms with Crippen molar-refractivity contribution >= 4 is 59.3 Å². The van der Waals surface area contributed by atoms with E-state index in [1.165, 1.54) is 115 Å². The highest BCUT2D eigenvalue weighted by molar-refractivity contribution is 7.26. The molecule has 278 valence electrons. The summed E-state index contributed by atoms with van der Waals surface area (Å²) in [5, 5.41) is 5.27. The maximum atomic E-state index is 2.57. The highest BCUT2D eigenvalue weighted by Gasteiger charge is 2.51. The maximum absolute atomic E-state index is 2.57. The summed E-state index contributed by atoms with van der Waals surface area (Å²) >= 11 is 1.94. The van der Waals surface area contributed by atoms with Gasteiger partial charge in [0.1, 0.15) is 0 Å². The highest BCUT2D eigenvalue weighted by atomic mass is 32.1. The zero-order valence-corrected chi connectivity index (χ0v) is 34.0. The van der Waals surface area contributed by atoms with Gasteiger partial charge in [-0.05, 0) is 126 Å². The molecule has 0 aliphatic heterocycles. The fourth-order valence-corrected chi connectivity index (χ4v) is 12.7. The summed E-state index contributed by atoms with van der Waals surface area (Å²) < 4.78 is 2.67. The third-order valence-electron chi connectivity index (χ3n) is 14.0. The van der Waals surface area contributed by atoms with Gasteiger partial charge in [0.25, 0.3) is 0 Å². The molecule has 0 saturated heterocycles. The number of hydrogen-bond donors (Lipinski definition) is 0. The fourth-order valence-electron chi connectivity index (χ4n) is 11.5. The molecule has 0 atom stereocenters. The van der Waals surface area contributed by atoms with Gasteiger partial charge in [-0.25, -0.2) is 0 Å². The van der Waals surface area contributed by atoms with E-state index < -0.39 is 5.41 Å². The van der Waals surface area contributed by atoms with Crippen molar-refractivity contribution in [2.45, 2.75) is 31.6 Å². The normalized spacial score (nSPS) is 14.6. The van der Waals surface area contributed by atoms with Crippen LogP contribution in [0.15, 0.2) is 182 Å². The molecule has 0 N–H and O–H groups in total. The lowest BCUT2D eigenvalue weighted by molar-refractivity contribution is 0.660. The van der Waals surface area contributed by atoms with Gasteiger partial charge in [-0.2, -0.15) is 0 Å². The molecule has 59 heavy (non-hydrogen) atoms. The fraction of sp³-hybridized carbons (Fsp3) is 0.0877. The maximum Gasteiger partial charge on any atom is 0.0726 e. The van der Waals surface area contributed by atoms with E-state index in [-0.39, 0.29) is 5.41 Å². The van der Waals surface area contributed by atoms with E-state index >= 15 is 0 Å². The molecule has 0 bridgehead atoms. The minimum absolute atomic E-state index is 0.131. The molecule has 13 rings (SSSR count). The Morgan fingerprint density at radius 3 is 1.54 bits per heavy atom. The molecule has 1 spiro atoms. The molecule has 0 amide bonds. The Morgan fingerprint density at radius 1 is 0.407 bits per heavy atom. The summed E-state index contributed by atoms with van der Waals surface area (Å²) in [4.78, 5) is 2.57. The summed E-state index contributed by atoms with van der Waals surface area (Å²) in [5.74, 6) is 0. The van der Waals surface area contributed by atoms with Gasteiger partial charge < -0.3 is 4.90 Å². The number of thiophene rings is 1. The second-order valence-electron chi connectivity index (χ2n) is 17.2. The smallest absolute Gasteiger partial charge is 0.0726 e. The second kappa shape index (κ2) is 11.7. The van der Waals surface area contributed by atoms with Crippen LogP contribution in [0.4, 0.5) is 17.1 Å². The minimum atomic E-state index is -0.429. The molecule has 2 heteroatoms. The van der Waals surface area contributed by atoms with E-state index in [1.807, 2.05) is 11.3 Å². The summed E-state index contributed by atoms with van der Waals surface area (Å²) in [6, 6.07) is 69.0. The monoisotopic (exact) mass is 769 g/mol. The van der Waals surface area contributed by atoms with Gasteiger partial charge in [-0.3, -0.25) is 0 Å². The molecule has 0 saturated carbocycles. The highest BCUT2D eigenvalue weighted by Crippen LogP contribution is 2.63. The van der Waals surface area contributed by atoms with Gasteiger partial charge in [0.05, 0.1) is 15.8 Å². The van der Waals surface area contributed by atoms with Crippen molar-refractivity contribution in [2.24, 2.45) is 0 Å². The van der Waals surface area contributed by atoms with Crippen molar-refractivity contribution in [3.05, 3.63) is 221 Å². The topological polar surface area (TPSA) is 3.24 Å². The zero-order valence-electron chi connectivity index (χ0n) is 33.2. The Labute approximate surface area is 348 Å². The number of hydrogen-bond acceptors (Lipinski definition) is 2. The van der Waals surface area contributed by atoms with Crippen molar-refractivity contribution in [1.82, 2.24) is 0 Å². The van der Waals surface area contributed by atoms with Gasteiger partial charge in [-0.15, -0.1) is 11.3 Å². The summed E-state index contributed by atoms with van der Waals surface area (Å²) in [6.45, 7) is 7.05. The van der Waals surface area contributed by atoms with E-state index in [1.54, 1.807) is 0 Å². The Kier molecular flexibility index (Phi) is 6.59. The second-order valence-corrected chi connectivity index (χ2v) is 18.2. The van der Waals surface area contributed by atoms with E-state index in [9.17, 15) is 0 Å². The quantitative estimate of drug-likeness (QED) is 0.173. The van der Waals surface area contributed by atoms with Gasteiger partial charge in [0, 0.05) is 32.3 Å². The van der Waals surface area contributed by atoms with Crippen LogP contribution >= 0.6 is 11.3 Å². The van der Waals surface area contributed by atoms with Crippen LogP contribution in [-0.4, -0.2) is 0 Å². The molecule has 3 aliphatic carbocycles. The Morgan fingerprint density at radius 2 is 0.898 bits per heavy atom. The van der Waals surface area contributed by atoms with Crippen LogP contribution < -0.4 is 4.90 Å². The molecular formula is C57H39NS. The average molecular weight is 770 g/mol. The van der Waals surface area contributed by atoms with Gasteiger partial charge in [-0.1, -0.05) is 159 Å². The lowest BCUT2D eigenvalue weighted by atomic mass is 9.70. The molecule has 3 aliphatic rings. The average Bonchev–Trinajstić information content (AvgIpc) is 3.97. The van der Waals surface area contributed by atoms with E-state index in [2.05, 4.69) is 208 Å². The van der Waals surface area contributed by atoms with Gasteiger partial charge >= 0.3 is 0 Å². The molecule has 1 aromatic heterocycles. The molecule has 0 fully saturated rings. The van der Waals surface area contributed by atoms with E-state index in [0.29, 0.717) is 0 Å². The largest absolute Gasteiger partial charge is 0.309 e. The predicted octanol–water partition coefficient (Wildman–Crippen LogP) is 15.6. The van der Waals surface area contributed by atoms with Gasteiger partial charge in [0.15, 0.2) is 0 Å². The lowest BCUT2D eigenvalue weighted by Crippen LogP contribution is -2.26.